The second kappa shape index (κ2) is 8.02. The molecule has 4 nitrogen and oxygen atoms in total. The number of halogens is 4. The SMILES string of the molecule is O=C(CCc1cccc(Cl)c1)Nc1ccc(NC(=O)C(F)(F)F)cc1. The summed E-state index contributed by atoms with van der Waals surface area (Å²) in [6, 6.07) is 12.5. The molecule has 0 saturated carbocycles. The molecule has 0 bridgehead atoms. The molecule has 0 unspecified atom stereocenters. The summed E-state index contributed by atoms with van der Waals surface area (Å²) in [5, 5.41) is 4.95. The first-order valence-corrected chi connectivity index (χ1v) is 7.64. The zero-order valence-electron chi connectivity index (χ0n) is 12.9. The van der Waals surface area contributed by atoms with E-state index < -0.39 is 12.1 Å². The molecule has 2 rings (SSSR count). The standard InChI is InChI=1S/C17H14ClF3N2O2/c18-12-3-1-2-11(10-12)4-9-15(24)22-13-5-7-14(8-6-13)23-16(25)17(19,20)21/h1-3,5-8,10H,4,9H2,(H,22,24)(H,23,25). The van der Waals surface area contributed by atoms with Crippen LogP contribution >= 0.6 is 11.6 Å². The highest BCUT2D eigenvalue weighted by Crippen LogP contribution is 2.20. The van der Waals surface area contributed by atoms with Crippen LogP contribution in [-0.2, 0) is 16.0 Å². The maximum Gasteiger partial charge on any atom is 0.471 e. The number of anilines is 2. The van der Waals surface area contributed by atoms with Crippen molar-refractivity contribution in [2.75, 3.05) is 10.6 Å². The van der Waals surface area contributed by atoms with Crippen LogP contribution in [0.3, 0.4) is 0 Å². The number of alkyl halides is 3. The van der Waals surface area contributed by atoms with Crippen LogP contribution < -0.4 is 10.6 Å². The van der Waals surface area contributed by atoms with Crippen molar-refractivity contribution in [3.8, 4) is 0 Å². The molecular formula is C17H14ClF3N2O2. The number of nitrogens with one attached hydrogen (secondary N) is 2. The highest BCUT2D eigenvalue weighted by atomic mass is 35.5. The average Bonchev–Trinajstić information content (AvgIpc) is 2.54. The normalized spacial score (nSPS) is 11.0. The Morgan fingerprint density at radius 2 is 1.56 bits per heavy atom. The maximum absolute atomic E-state index is 12.2. The van der Waals surface area contributed by atoms with E-state index >= 15 is 0 Å². The van der Waals surface area contributed by atoms with E-state index in [4.69, 9.17) is 11.6 Å². The predicted molar refractivity (Wildman–Crippen MR) is 89.5 cm³/mol. The molecule has 0 fully saturated rings. The van der Waals surface area contributed by atoms with Gasteiger partial charge >= 0.3 is 12.1 Å². The molecular weight excluding hydrogens is 357 g/mol. The first kappa shape index (κ1) is 18.8. The molecule has 0 spiro atoms. The Morgan fingerprint density at radius 3 is 2.12 bits per heavy atom. The largest absolute Gasteiger partial charge is 0.471 e. The third-order valence-electron chi connectivity index (χ3n) is 3.21. The summed E-state index contributed by atoms with van der Waals surface area (Å²) in [6.07, 6.45) is -4.22. The highest BCUT2D eigenvalue weighted by molar-refractivity contribution is 6.30. The van der Waals surface area contributed by atoms with E-state index in [1.54, 1.807) is 23.5 Å². The lowest BCUT2D eigenvalue weighted by Crippen LogP contribution is -2.29. The van der Waals surface area contributed by atoms with Gasteiger partial charge in [-0.05, 0) is 48.4 Å². The molecule has 0 aliphatic heterocycles. The van der Waals surface area contributed by atoms with Gasteiger partial charge in [0.2, 0.25) is 5.91 Å². The molecule has 0 aliphatic carbocycles. The van der Waals surface area contributed by atoms with Gasteiger partial charge in [0.05, 0.1) is 0 Å². The maximum atomic E-state index is 12.2. The number of amides is 2. The molecule has 0 aromatic heterocycles. The first-order chi connectivity index (χ1) is 11.7. The molecule has 0 atom stereocenters. The van der Waals surface area contributed by atoms with E-state index in [1.165, 1.54) is 24.3 Å². The van der Waals surface area contributed by atoms with E-state index in [0.717, 1.165) is 5.56 Å². The summed E-state index contributed by atoms with van der Waals surface area (Å²) >= 11 is 5.87. The lowest BCUT2D eigenvalue weighted by Gasteiger charge is -2.09. The molecule has 0 heterocycles. The van der Waals surface area contributed by atoms with E-state index in [-0.39, 0.29) is 18.0 Å². The van der Waals surface area contributed by atoms with Gasteiger partial charge in [-0.2, -0.15) is 13.2 Å². The summed E-state index contributed by atoms with van der Waals surface area (Å²) in [7, 11) is 0. The quantitative estimate of drug-likeness (QED) is 0.819. The lowest BCUT2D eigenvalue weighted by atomic mass is 10.1. The topological polar surface area (TPSA) is 58.2 Å². The van der Waals surface area contributed by atoms with Gasteiger partial charge < -0.3 is 10.6 Å². The van der Waals surface area contributed by atoms with Gasteiger partial charge in [0.15, 0.2) is 0 Å². The van der Waals surface area contributed by atoms with Crippen molar-refractivity contribution in [3.05, 3.63) is 59.1 Å². The van der Waals surface area contributed by atoms with Crippen LogP contribution in [0.25, 0.3) is 0 Å². The van der Waals surface area contributed by atoms with Gasteiger partial charge in [-0.15, -0.1) is 0 Å². The summed E-state index contributed by atoms with van der Waals surface area (Å²) < 4.78 is 36.5. The van der Waals surface area contributed by atoms with Crippen molar-refractivity contribution < 1.29 is 22.8 Å². The summed E-state index contributed by atoms with van der Waals surface area (Å²) in [4.78, 5) is 22.7. The van der Waals surface area contributed by atoms with Gasteiger partial charge in [0.1, 0.15) is 0 Å². The van der Waals surface area contributed by atoms with Crippen molar-refractivity contribution in [2.24, 2.45) is 0 Å². The highest BCUT2D eigenvalue weighted by Gasteiger charge is 2.38. The minimum atomic E-state index is -4.95. The fourth-order valence-electron chi connectivity index (χ4n) is 2.01. The second-order valence-electron chi connectivity index (χ2n) is 5.21. The van der Waals surface area contributed by atoms with Crippen LogP contribution in [0.2, 0.25) is 5.02 Å². The Kier molecular flexibility index (Phi) is 6.03. The number of benzene rings is 2. The van der Waals surface area contributed by atoms with E-state index in [9.17, 15) is 22.8 Å². The van der Waals surface area contributed by atoms with Gasteiger partial charge in [-0.3, -0.25) is 9.59 Å². The van der Waals surface area contributed by atoms with E-state index in [0.29, 0.717) is 17.1 Å². The van der Waals surface area contributed by atoms with Crippen LogP contribution in [0.1, 0.15) is 12.0 Å². The Balaban J connectivity index is 1.86. The fraction of sp³-hybridized carbons (Fsp3) is 0.176. The van der Waals surface area contributed by atoms with Crippen LogP contribution in [0.4, 0.5) is 24.5 Å². The Labute approximate surface area is 147 Å². The molecule has 2 N–H and O–H groups in total. The molecule has 2 aromatic rings. The molecule has 2 amide bonds. The van der Waals surface area contributed by atoms with Crippen LogP contribution in [0.5, 0.6) is 0 Å². The monoisotopic (exact) mass is 370 g/mol. The van der Waals surface area contributed by atoms with Crippen molar-refractivity contribution in [2.45, 2.75) is 19.0 Å². The third kappa shape index (κ3) is 6.11. The molecule has 0 saturated heterocycles. The number of aryl methyl sites for hydroxylation is 1. The number of hydrogen-bond acceptors (Lipinski definition) is 2. The molecule has 8 heteroatoms. The number of carbonyl (C=O) groups excluding carboxylic acids is 2. The summed E-state index contributed by atoms with van der Waals surface area (Å²) in [5.41, 5.74) is 1.33. The number of carbonyl (C=O) groups is 2. The second-order valence-corrected chi connectivity index (χ2v) is 5.64. The Hall–Kier alpha value is -2.54. The molecule has 2 aromatic carbocycles. The number of rotatable bonds is 5. The molecule has 0 aliphatic rings. The first-order valence-electron chi connectivity index (χ1n) is 7.26. The van der Waals surface area contributed by atoms with E-state index in [2.05, 4.69) is 5.32 Å². The van der Waals surface area contributed by atoms with Gasteiger partial charge in [-0.25, -0.2) is 0 Å². The molecule has 0 radical (unpaired) electrons. The van der Waals surface area contributed by atoms with E-state index in [1.807, 2.05) is 6.07 Å². The predicted octanol–water partition coefficient (Wildman–Crippen LogP) is 4.41. The van der Waals surface area contributed by atoms with Crippen molar-refractivity contribution >= 4 is 34.8 Å². The van der Waals surface area contributed by atoms with Gasteiger partial charge in [0, 0.05) is 22.8 Å². The number of hydrogen-bond donors (Lipinski definition) is 2. The minimum Gasteiger partial charge on any atom is -0.326 e. The van der Waals surface area contributed by atoms with Crippen LogP contribution in [-0.4, -0.2) is 18.0 Å². The fourth-order valence-corrected chi connectivity index (χ4v) is 2.23. The van der Waals surface area contributed by atoms with Crippen LogP contribution in [0, 0.1) is 0 Å². The zero-order chi connectivity index (χ0) is 18.4. The Morgan fingerprint density at radius 1 is 0.960 bits per heavy atom. The molecule has 132 valence electrons. The van der Waals surface area contributed by atoms with Gasteiger partial charge in [0.25, 0.3) is 0 Å². The smallest absolute Gasteiger partial charge is 0.326 e. The lowest BCUT2D eigenvalue weighted by molar-refractivity contribution is -0.167. The average molecular weight is 371 g/mol. The molecule has 25 heavy (non-hydrogen) atoms. The zero-order valence-corrected chi connectivity index (χ0v) is 13.6. The minimum absolute atomic E-state index is 0.0146. The summed E-state index contributed by atoms with van der Waals surface area (Å²) in [6.45, 7) is 0. The van der Waals surface area contributed by atoms with Crippen molar-refractivity contribution in [1.29, 1.82) is 0 Å². The van der Waals surface area contributed by atoms with Crippen LogP contribution in [0.15, 0.2) is 48.5 Å². The summed E-state index contributed by atoms with van der Waals surface area (Å²) in [5.74, 6) is -2.29. The van der Waals surface area contributed by atoms with Crippen molar-refractivity contribution in [1.82, 2.24) is 0 Å². The van der Waals surface area contributed by atoms with Gasteiger partial charge in [-0.1, -0.05) is 23.7 Å². The van der Waals surface area contributed by atoms with Crippen molar-refractivity contribution in [3.63, 3.8) is 0 Å². The Bertz CT molecular complexity index is 761. The third-order valence-corrected chi connectivity index (χ3v) is 3.45.